The molecule has 182 valence electrons. The molecule has 1 fully saturated rings. The van der Waals surface area contributed by atoms with E-state index in [1.807, 2.05) is 30.3 Å². The van der Waals surface area contributed by atoms with E-state index in [4.69, 9.17) is 14.9 Å². The van der Waals surface area contributed by atoms with Gasteiger partial charge in [-0.3, -0.25) is 4.68 Å². The molecule has 0 aliphatic heterocycles. The van der Waals surface area contributed by atoms with Crippen molar-refractivity contribution in [2.75, 3.05) is 13.2 Å². The summed E-state index contributed by atoms with van der Waals surface area (Å²) >= 11 is 0. The van der Waals surface area contributed by atoms with Crippen LogP contribution in [0.3, 0.4) is 0 Å². The number of rotatable bonds is 10. The summed E-state index contributed by atoms with van der Waals surface area (Å²) in [5.74, 6) is 0.115. The van der Waals surface area contributed by atoms with Crippen LogP contribution in [0.25, 0.3) is 22.4 Å². The van der Waals surface area contributed by atoms with Gasteiger partial charge >= 0.3 is 5.97 Å². The molecule has 7 nitrogen and oxygen atoms in total. The summed E-state index contributed by atoms with van der Waals surface area (Å²) in [6.45, 7) is 1.03. The normalized spacial score (nSPS) is 17.7. The van der Waals surface area contributed by atoms with Gasteiger partial charge in [0.1, 0.15) is 12.4 Å². The number of aliphatic carboxylic acids is 1. The van der Waals surface area contributed by atoms with Crippen molar-refractivity contribution >= 4 is 5.97 Å². The summed E-state index contributed by atoms with van der Waals surface area (Å²) in [4.78, 5) is 10.7. The van der Waals surface area contributed by atoms with Crippen LogP contribution in [0, 0.1) is 23.2 Å². The molecule has 2 N–H and O–H groups in total. The van der Waals surface area contributed by atoms with Gasteiger partial charge in [0.25, 0.3) is 0 Å². The molecule has 0 atom stereocenters. The average Bonchev–Trinajstić information content (AvgIpc) is 3.22. The second-order valence-electron chi connectivity index (χ2n) is 9.22. The van der Waals surface area contributed by atoms with E-state index in [-0.39, 0.29) is 12.4 Å². The minimum atomic E-state index is -0.930. The van der Waals surface area contributed by atoms with E-state index in [0.717, 1.165) is 60.3 Å². The number of carboxylic acids is 1. The third-order valence-corrected chi connectivity index (χ3v) is 6.66. The second kappa shape index (κ2) is 11.7. The van der Waals surface area contributed by atoms with Gasteiger partial charge in [0.05, 0.1) is 24.1 Å². The number of carboxylic acid groups (broad SMARTS) is 1. The fourth-order valence-corrected chi connectivity index (χ4v) is 4.99. The van der Waals surface area contributed by atoms with E-state index in [1.165, 1.54) is 0 Å². The lowest BCUT2D eigenvalue weighted by Gasteiger charge is -2.28. The molecule has 1 aliphatic carbocycles. The Kier molecular flexibility index (Phi) is 8.17. The van der Waals surface area contributed by atoms with Crippen LogP contribution in [-0.2, 0) is 22.5 Å². The van der Waals surface area contributed by atoms with Crippen molar-refractivity contribution in [3.8, 4) is 34.2 Å². The van der Waals surface area contributed by atoms with Gasteiger partial charge in [-0.05, 0) is 55.2 Å². The van der Waals surface area contributed by atoms with Crippen molar-refractivity contribution < 1.29 is 19.7 Å². The number of aromatic nitrogens is 2. The highest BCUT2D eigenvalue weighted by Crippen LogP contribution is 2.38. The number of aromatic hydroxyl groups is 1. The highest BCUT2D eigenvalue weighted by atomic mass is 16.5. The number of hydrogen-bond donors (Lipinski definition) is 2. The molecular weight excluding hydrogens is 442 g/mol. The number of benzene rings is 2. The predicted octanol–water partition coefficient (Wildman–Crippen LogP) is 5.29. The van der Waals surface area contributed by atoms with E-state index < -0.39 is 5.97 Å². The Morgan fingerprint density at radius 1 is 1.06 bits per heavy atom. The molecule has 7 heteroatoms. The van der Waals surface area contributed by atoms with Crippen LogP contribution >= 0.6 is 0 Å². The third kappa shape index (κ3) is 6.28. The summed E-state index contributed by atoms with van der Waals surface area (Å²) in [5.41, 5.74) is 4.79. The Bertz CT molecular complexity index is 1170. The monoisotopic (exact) mass is 473 g/mol. The zero-order valence-electron chi connectivity index (χ0n) is 19.8. The number of nitrogens with zero attached hydrogens (tertiary/aromatic N) is 3. The molecule has 4 rings (SSSR count). The Morgan fingerprint density at radius 3 is 2.46 bits per heavy atom. The Morgan fingerprint density at radius 2 is 1.77 bits per heavy atom. The van der Waals surface area contributed by atoms with Gasteiger partial charge in [-0.1, -0.05) is 42.5 Å². The first kappa shape index (κ1) is 24.5. The number of phenols is 1. The van der Waals surface area contributed by atoms with Gasteiger partial charge in [0.2, 0.25) is 0 Å². The summed E-state index contributed by atoms with van der Waals surface area (Å²) in [6, 6.07) is 19.6. The van der Waals surface area contributed by atoms with Crippen molar-refractivity contribution in [2.45, 2.75) is 45.1 Å². The summed E-state index contributed by atoms with van der Waals surface area (Å²) in [6.07, 6.45) is 4.99. The number of ether oxygens (including phenoxy) is 1. The maximum atomic E-state index is 10.7. The van der Waals surface area contributed by atoms with Crippen molar-refractivity contribution in [3.05, 3.63) is 60.3 Å². The van der Waals surface area contributed by atoms with E-state index >= 15 is 0 Å². The van der Waals surface area contributed by atoms with Crippen LogP contribution < -0.4 is 0 Å². The van der Waals surface area contributed by atoms with Gasteiger partial charge in [-0.2, -0.15) is 10.4 Å². The molecular formula is C28H31N3O4. The maximum Gasteiger partial charge on any atom is 0.329 e. The number of nitriles is 1. The van der Waals surface area contributed by atoms with Crippen LogP contribution in [-0.4, -0.2) is 39.2 Å². The number of carbonyl (C=O) groups is 1. The molecule has 1 aromatic heterocycles. The van der Waals surface area contributed by atoms with Crippen LogP contribution in [0.4, 0.5) is 0 Å². The number of hydrogen-bond acceptors (Lipinski definition) is 5. The Hall–Kier alpha value is -3.63. The highest BCUT2D eigenvalue weighted by Gasteiger charge is 2.26. The first-order chi connectivity index (χ1) is 17.0. The maximum absolute atomic E-state index is 10.7. The van der Waals surface area contributed by atoms with Crippen molar-refractivity contribution in [1.29, 1.82) is 5.26 Å². The molecule has 0 radical (unpaired) electrons. The first-order valence-corrected chi connectivity index (χ1v) is 12.2. The molecule has 35 heavy (non-hydrogen) atoms. The smallest absolute Gasteiger partial charge is 0.329 e. The molecule has 0 saturated heterocycles. The summed E-state index contributed by atoms with van der Waals surface area (Å²) in [7, 11) is 0. The topological polar surface area (TPSA) is 108 Å². The zero-order chi connectivity index (χ0) is 24.6. The van der Waals surface area contributed by atoms with Gasteiger partial charge in [-0.15, -0.1) is 0 Å². The minimum absolute atomic E-state index is 0.198. The van der Waals surface area contributed by atoms with Crippen molar-refractivity contribution in [2.24, 2.45) is 11.8 Å². The highest BCUT2D eigenvalue weighted by molar-refractivity contribution is 5.83. The Labute approximate surface area is 205 Å². The van der Waals surface area contributed by atoms with Gasteiger partial charge in [0.15, 0.2) is 0 Å². The molecule has 1 heterocycles. The lowest BCUT2D eigenvalue weighted by atomic mass is 9.82. The quantitative estimate of drug-likeness (QED) is 0.414. The van der Waals surface area contributed by atoms with Gasteiger partial charge in [0, 0.05) is 30.5 Å². The molecule has 0 bridgehead atoms. The molecule has 0 spiro atoms. The molecule has 1 aliphatic rings. The second-order valence-corrected chi connectivity index (χ2v) is 9.22. The predicted molar refractivity (Wildman–Crippen MR) is 133 cm³/mol. The van der Waals surface area contributed by atoms with Crippen LogP contribution in [0.2, 0.25) is 0 Å². The van der Waals surface area contributed by atoms with E-state index in [0.29, 0.717) is 31.3 Å². The lowest BCUT2D eigenvalue weighted by Crippen LogP contribution is -2.23. The minimum Gasteiger partial charge on any atom is -0.508 e. The lowest BCUT2D eigenvalue weighted by molar-refractivity contribution is -0.142. The standard InChI is InChI=1S/C28H31N3O4/c29-15-5-10-25-27(23-8-4-9-24(32)16-23)28(22-6-2-1-3-7-22)31(30-25)17-20-11-13-21(14-12-20)18-35-19-26(33)34/h1-4,6-9,16,20-21,32H,5,10-14,17-19H2,(H,33,34)/t20-,21+. The van der Waals surface area contributed by atoms with E-state index in [1.54, 1.807) is 12.1 Å². The first-order valence-electron chi connectivity index (χ1n) is 12.2. The van der Waals surface area contributed by atoms with E-state index in [2.05, 4.69) is 22.9 Å². The fraction of sp³-hybridized carbons (Fsp3) is 0.393. The van der Waals surface area contributed by atoms with Gasteiger partial charge in [-0.25, -0.2) is 4.79 Å². The van der Waals surface area contributed by atoms with Crippen molar-refractivity contribution in [1.82, 2.24) is 9.78 Å². The molecule has 2 aromatic carbocycles. The van der Waals surface area contributed by atoms with Gasteiger partial charge < -0.3 is 14.9 Å². The molecule has 1 saturated carbocycles. The molecule has 0 amide bonds. The zero-order valence-corrected chi connectivity index (χ0v) is 19.8. The van der Waals surface area contributed by atoms with Crippen LogP contribution in [0.15, 0.2) is 54.6 Å². The van der Waals surface area contributed by atoms with Crippen molar-refractivity contribution in [3.63, 3.8) is 0 Å². The molecule has 0 unspecified atom stereocenters. The number of aryl methyl sites for hydroxylation is 1. The Balaban J connectivity index is 1.62. The largest absolute Gasteiger partial charge is 0.508 e. The SMILES string of the molecule is N#CCCc1nn(C[C@H]2CC[C@@H](COCC(=O)O)CC2)c(-c2ccccc2)c1-c1cccc(O)c1. The van der Waals surface area contributed by atoms with Crippen LogP contribution in [0.1, 0.15) is 37.8 Å². The third-order valence-electron chi connectivity index (χ3n) is 6.66. The summed E-state index contributed by atoms with van der Waals surface area (Å²) < 4.78 is 7.41. The number of phenolic OH excluding ortho intramolecular Hbond substituents is 1. The summed E-state index contributed by atoms with van der Waals surface area (Å²) in [5, 5.41) is 33.2. The molecule has 3 aromatic rings. The fourth-order valence-electron chi connectivity index (χ4n) is 4.99. The van der Waals surface area contributed by atoms with Crippen LogP contribution in [0.5, 0.6) is 5.75 Å². The average molecular weight is 474 g/mol. The van der Waals surface area contributed by atoms with E-state index in [9.17, 15) is 15.2 Å².